The molecule has 1 aromatic heterocycles. The van der Waals surface area contributed by atoms with E-state index < -0.39 is 0 Å². The van der Waals surface area contributed by atoms with E-state index >= 15 is 0 Å². The third-order valence-corrected chi connectivity index (χ3v) is 2.64. The van der Waals surface area contributed by atoms with Gasteiger partial charge in [-0.2, -0.15) is 0 Å². The zero-order valence-electron chi connectivity index (χ0n) is 10.2. The molecule has 94 valence electrons. The fourth-order valence-electron chi connectivity index (χ4n) is 1.65. The lowest BCUT2D eigenvalue weighted by atomic mass is 10.2. The van der Waals surface area contributed by atoms with Crippen molar-refractivity contribution in [1.82, 2.24) is 9.97 Å². The third kappa shape index (κ3) is 2.62. The van der Waals surface area contributed by atoms with Gasteiger partial charge in [-0.25, -0.2) is 14.4 Å². The smallest absolute Gasteiger partial charge is 0.229 e. The number of anilines is 2. The van der Waals surface area contributed by atoms with Crippen LogP contribution >= 0.6 is 0 Å². The summed E-state index contributed by atoms with van der Waals surface area (Å²) < 4.78 is 13.6. The summed E-state index contributed by atoms with van der Waals surface area (Å²) in [5.74, 6) is 0.163. The third-order valence-electron chi connectivity index (χ3n) is 2.64. The van der Waals surface area contributed by atoms with Gasteiger partial charge < -0.3 is 10.6 Å². The monoisotopic (exact) mass is 246 g/mol. The molecule has 18 heavy (non-hydrogen) atoms. The Balaban J connectivity index is 2.23. The van der Waals surface area contributed by atoms with Crippen molar-refractivity contribution in [1.29, 1.82) is 0 Å². The van der Waals surface area contributed by atoms with Crippen LogP contribution in [0, 0.1) is 5.82 Å². The maximum Gasteiger partial charge on any atom is 0.229 e. The molecule has 5 heteroatoms. The van der Waals surface area contributed by atoms with Gasteiger partial charge in [0.15, 0.2) is 0 Å². The van der Waals surface area contributed by atoms with Gasteiger partial charge in [0.25, 0.3) is 0 Å². The Labute approximate surface area is 105 Å². The predicted molar refractivity (Wildman–Crippen MR) is 69.3 cm³/mol. The SMILES string of the molecule is CN(c1ncc(CCN)cn1)c1ccccc1F. The molecule has 0 bridgehead atoms. The van der Waals surface area contributed by atoms with Crippen molar-refractivity contribution in [2.45, 2.75) is 6.42 Å². The van der Waals surface area contributed by atoms with E-state index in [9.17, 15) is 4.39 Å². The van der Waals surface area contributed by atoms with E-state index in [-0.39, 0.29) is 5.82 Å². The van der Waals surface area contributed by atoms with Crippen molar-refractivity contribution in [2.75, 3.05) is 18.5 Å². The Hall–Kier alpha value is -2.01. The van der Waals surface area contributed by atoms with E-state index in [4.69, 9.17) is 5.73 Å². The van der Waals surface area contributed by atoms with E-state index in [2.05, 4.69) is 9.97 Å². The van der Waals surface area contributed by atoms with Gasteiger partial charge >= 0.3 is 0 Å². The van der Waals surface area contributed by atoms with Crippen LogP contribution in [0.25, 0.3) is 0 Å². The van der Waals surface area contributed by atoms with Crippen molar-refractivity contribution in [2.24, 2.45) is 5.73 Å². The molecule has 0 fully saturated rings. The van der Waals surface area contributed by atoms with Crippen LogP contribution in [-0.2, 0) is 6.42 Å². The number of nitrogens with zero attached hydrogens (tertiary/aromatic N) is 3. The molecule has 0 aliphatic rings. The summed E-state index contributed by atoms with van der Waals surface area (Å²) in [7, 11) is 1.73. The molecule has 0 atom stereocenters. The molecule has 2 aromatic rings. The molecule has 1 heterocycles. The van der Waals surface area contributed by atoms with Crippen LogP contribution in [0.1, 0.15) is 5.56 Å². The molecule has 2 rings (SSSR count). The number of rotatable bonds is 4. The lowest BCUT2D eigenvalue weighted by Gasteiger charge is -2.17. The summed E-state index contributed by atoms with van der Waals surface area (Å²) >= 11 is 0. The van der Waals surface area contributed by atoms with Crippen LogP contribution in [0.5, 0.6) is 0 Å². The molecule has 0 saturated heterocycles. The highest BCUT2D eigenvalue weighted by molar-refractivity contribution is 5.56. The zero-order chi connectivity index (χ0) is 13.0. The molecule has 0 radical (unpaired) electrons. The first-order chi connectivity index (χ1) is 8.72. The van der Waals surface area contributed by atoms with Crippen molar-refractivity contribution in [3.8, 4) is 0 Å². The van der Waals surface area contributed by atoms with Crippen molar-refractivity contribution in [3.63, 3.8) is 0 Å². The highest BCUT2D eigenvalue weighted by atomic mass is 19.1. The van der Waals surface area contributed by atoms with Gasteiger partial charge in [0.05, 0.1) is 5.69 Å². The minimum absolute atomic E-state index is 0.297. The largest absolute Gasteiger partial charge is 0.330 e. The van der Waals surface area contributed by atoms with Crippen LogP contribution in [-0.4, -0.2) is 23.6 Å². The minimum atomic E-state index is -0.297. The summed E-state index contributed by atoms with van der Waals surface area (Å²) in [4.78, 5) is 10.0. The van der Waals surface area contributed by atoms with Gasteiger partial charge in [0, 0.05) is 19.4 Å². The number of benzene rings is 1. The standard InChI is InChI=1S/C13H15FN4/c1-18(12-5-3-2-4-11(12)14)13-16-8-10(6-7-15)9-17-13/h2-5,8-9H,6-7,15H2,1H3. The van der Waals surface area contributed by atoms with Crippen LogP contribution < -0.4 is 10.6 Å². The number of para-hydroxylation sites is 1. The molecule has 0 saturated carbocycles. The average molecular weight is 246 g/mol. The second kappa shape index (κ2) is 5.55. The molecule has 0 aliphatic carbocycles. The molecule has 0 spiro atoms. The van der Waals surface area contributed by atoms with E-state index in [1.807, 2.05) is 0 Å². The molecule has 0 unspecified atom stereocenters. The molecular formula is C13H15FN4. The summed E-state index contributed by atoms with van der Waals surface area (Å²) in [6.45, 7) is 0.561. The minimum Gasteiger partial charge on any atom is -0.330 e. The second-order valence-corrected chi connectivity index (χ2v) is 3.94. The quantitative estimate of drug-likeness (QED) is 0.895. The highest BCUT2D eigenvalue weighted by Crippen LogP contribution is 2.22. The van der Waals surface area contributed by atoms with Crippen LogP contribution in [0.3, 0.4) is 0 Å². The van der Waals surface area contributed by atoms with Crippen molar-refractivity contribution < 1.29 is 4.39 Å². The lowest BCUT2D eigenvalue weighted by Crippen LogP contribution is -2.14. The maximum absolute atomic E-state index is 13.6. The molecule has 4 nitrogen and oxygen atoms in total. The predicted octanol–water partition coefficient (Wildman–Crippen LogP) is 1.88. The summed E-state index contributed by atoms with van der Waals surface area (Å²) in [5.41, 5.74) is 6.88. The fraction of sp³-hybridized carbons (Fsp3) is 0.231. The van der Waals surface area contributed by atoms with Crippen LogP contribution in [0.15, 0.2) is 36.7 Å². The normalized spacial score (nSPS) is 10.4. The summed E-state index contributed by atoms with van der Waals surface area (Å²) in [6, 6.07) is 6.52. The van der Waals surface area contributed by atoms with Gasteiger partial charge in [0.1, 0.15) is 5.82 Å². The van der Waals surface area contributed by atoms with Gasteiger partial charge in [0.2, 0.25) is 5.95 Å². The number of halogens is 1. The zero-order valence-corrected chi connectivity index (χ0v) is 10.2. The second-order valence-electron chi connectivity index (χ2n) is 3.94. The van der Waals surface area contributed by atoms with Crippen LogP contribution in [0.4, 0.5) is 16.0 Å². The first kappa shape index (κ1) is 12.4. The molecule has 0 amide bonds. The van der Waals surface area contributed by atoms with Gasteiger partial charge in [-0.15, -0.1) is 0 Å². The van der Waals surface area contributed by atoms with E-state index in [1.54, 1.807) is 42.5 Å². The van der Waals surface area contributed by atoms with Crippen LogP contribution in [0.2, 0.25) is 0 Å². The van der Waals surface area contributed by atoms with Gasteiger partial charge in [-0.05, 0) is 30.7 Å². The first-order valence-electron chi connectivity index (χ1n) is 5.71. The summed E-state index contributed by atoms with van der Waals surface area (Å²) in [5, 5.41) is 0. The average Bonchev–Trinajstić information content (AvgIpc) is 2.40. The van der Waals surface area contributed by atoms with Crippen molar-refractivity contribution in [3.05, 3.63) is 48.0 Å². The van der Waals surface area contributed by atoms with Crippen molar-refractivity contribution >= 4 is 11.6 Å². The first-order valence-corrected chi connectivity index (χ1v) is 5.71. The number of aromatic nitrogens is 2. The summed E-state index contributed by atoms with van der Waals surface area (Å²) in [6.07, 6.45) is 4.17. The highest BCUT2D eigenvalue weighted by Gasteiger charge is 2.10. The fourth-order valence-corrected chi connectivity index (χ4v) is 1.65. The van der Waals surface area contributed by atoms with Gasteiger partial charge in [-0.1, -0.05) is 12.1 Å². The van der Waals surface area contributed by atoms with E-state index in [0.29, 0.717) is 18.2 Å². The molecule has 0 aliphatic heterocycles. The Kier molecular flexibility index (Phi) is 3.84. The number of hydrogen-bond acceptors (Lipinski definition) is 4. The molecular weight excluding hydrogens is 231 g/mol. The number of hydrogen-bond donors (Lipinski definition) is 1. The lowest BCUT2D eigenvalue weighted by molar-refractivity contribution is 0.627. The maximum atomic E-state index is 13.6. The Morgan fingerprint density at radius 3 is 2.50 bits per heavy atom. The van der Waals surface area contributed by atoms with E-state index in [1.165, 1.54) is 6.07 Å². The van der Waals surface area contributed by atoms with E-state index in [0.717, 1.165) is 12.0 Å². The Morgan fingerprint density at radius 2 is 1.89 bits per heavy atom. The Bertz CT molecular complexity index is 513. The topological polar surface area (TPSA) is 55.0 Å². The molecule has 2 N–H and O–H groups in total. The molecule has 1 aromatic carbocycles. The number of nitrogens with two attached hydrogens (primary N) is 1. The van der Waals surface area contributed by atoms with Gasteiger partial charge in [-0.3, -0.25) is 0 Å². The Morgan fingerprint density at radius 1 is 1.22 bits per heavy atom.